The molecule has 4 nitrogen and oxygen atoms in total. The third-order valence-corrected chi connectivity index (χ3v) is 3.50. The van der Waals surface area contributed by atoms with Crippen LogP contribution in [0.3, 0.4) is 0 Å². The van der Waals surface area contributed by atoms with E-state index in [9.17, 15) is 14.3 Å². The first-order valence-electron chi connectivity index (χ1n) is 7.26. The maximum Gasteiger partial charge on any atom is 0.323 e. The molecular weight excluding hydrogens is 273 g/mol. The summed E-state index contributed by atoms with van der Waals surface area (Å²) in [6.45, 7) is 6.50. The van der Waals surface area contributed by atoms with Gasteiger partial charge in [-0.2, -0.15) is 0 Å². The highest BCUT2D eigenvalue weighted by Gasteiger charge is 2.30. The maximum atomic E-state index is 13.0. The second-order valence-electron chi connectivity index (χ2n) is 5.38. The zero-order valence-corrected chi connectivity index (χ0v) is 12.9. The van der Waals surface area contributed by atoms with Crippen molar-refractivity contribution in [2.75, 3.05) is 13.2 Å². The highest BCUT2D eigenvalue weighted by atomic mass is 19.1. The number of nitrogens with one attached hydrogen (secondary N) is 1. The number of hydrogen-bond acceptors (Lipinski definition) is 3. The minimum absolute atomic E-state index is 0.275. The number of halogens is 1. The molecule has 1 rings (SSSR count). The zero-order chi connectivity index (χ0) is 15.9. The first-order chi connectivity index (χ1) is 9.89. The minimum atomic E-state index is -0.888. The molecule has 1 atom stereocenters. The number of aliphatic carboxylic acids is 1. The third-order valence-electron chi connectivity index (χ3n) is 3.50. The van der Waals surface area contributed by atoms with E-state index in [1.165, 1.54) is 12.1 Å². The lowest BCUT2D eigenvalue weighted by Crippen LogP contribution is -2.49. The van der Waals surface area contributed by atoms with E-state index in [0.717, 1.165) is 18.4 Å². The summed E-state index contributed by atoms with van der Waals surface area (Å²) in [7, 11) is 0. The fraction of sp³-hybridized carbons (Fsp3) is 0.562. The highest BCUT2D eigenvalue weighted by molar-refractivity contribution is 5.78. The van der Waals surface area contributed by atoms with E-state index in [4.69, 9.17) is 4.74 Å². The molecular formula is C16H24FNO3. The van der Waals surface area contributed by atoms with Crippen molar-refractivity contribution in [1.29, 1.82) is 0 Å². The zero-order valence-electron chi connectivity index (χ0n) is 12.9. The van der Waals surface area contributed by atoms with Gasteiger partial charge in [0.25, 0.3) is 0 Å². The van der Waals surface area contributed by atoms with Crippen LogP contribution in [0.25, 0.3) is 0 Å². The summed E-state index contributed by atoms with van der Waals surface area (Å²) in [4.78, 5) is 11.2. The van der Waals surface area contributed by atoms with E-state index >= 15 is 0 Å². The molecule has 21 heavy (non-hydrogen) atoms. The molecule has 0 saturated carbocycles. The van der Waals surface area contributed by atoms with Crippen LogP contribution in [-0.2, 0) is 4.79 Å². The predicted molar refractivity (Wildman–Crippen MR) is 80.2 cm³/mol. The van der Waals surface area contributed by atoms with E-state index < -0.39 is 11.5 Å². The van der Waals surface area contributed by atoms with Crippen LogP contribution in [0.4, 0.5) is 4.39 Å². The van der Waals surface area contributed by atoms with Crippen LogP contribution < -0.4 is 10.1 Å². The second kappa shape index (κ2) is 7.98. The average Bonchev–Trinajstić information content (AvgIpc) is 2.40. The van der Waals surface area contributed by atoms with Gasteiger partial charge in [-0.05, 0) is 63.4 Å². The summed E-state index contributed by atoms with van der Waals surface area (Å²) < 4.78 is 18.5. The molecule has 0 amide bonds. The van der Waals surface area contributed by atoms with Gasteiger partial charge in [-0.1, -0.05) is 6.92 Å². The van der Waals surface area contributed by atoms with Gasteiger partial charge in [-0.3, -0.25) is 4.79 Å². The average molecular weight is 297 g/mol. The van der Waals surface area contributed by atoms with Gasteiger partial charge in [0.15, 0.2) is 0 Å². The van der Waals surface area contributed by atoms with Crippen LogP contribution in [0.1, 0.15) is 38.7 Å². The topological polar surface area (TPSA) is 58.6 Å². The predicted octanol–water partition coefficient (Wildman–Crippen LogP) is 3.14. The van der Waals surface area contributed by atoms with Gasteiger partial charge < -0.3 is 15.2 Å². The van der Waals surface area contributed by atoms with Crippen molar-refractivity contribution in [2.24, 2.45) is 0 Å². The third kappa shape index (κ3) is 5.34. The number of unbranched alkanes of at least 4 members (excludes halogenated alkanes) is 1. The van der Waals surface area contributed by atoms with Crippen molar-refractivity contribution in [3.63, 3.8) is 0 Å². The Morgan fingerprint density at radius 1 is 1.43 bits per heavy atom. The van der Waals surface area contributed by atoms with Crippen LogP contribution in [0.5, 0.6) is 5.75 Å². The van der Waals surface area contributed by atoms with E-state index in [1.807, 2.05) is 6.92 Å². The minimum Gasteiger partial charge on any atom is -0.493 e. The molecule has 0 bridgehead atoms. The lowest BCUT2D eigenvalue weighted by atomic mass is 9.95. The molecule has 2 N–H and O–H groups in total. The van der Waals surface area contributed by atoms with Gasteiger partial charge in [-0.25, -0.2) is 4.39 Å². The largest absolute Gasteiger partial charge is 0.493 e. The number of ether oxygens (including phenoxy) is 1. The fourth-order valence-corrected chi connectivity index (χ4v) is 2.20. The molecule has 0 aliphatic carbocycles. The SMILES string of the molecule is CCNC(C)(CCCCOc1ccc(F)cc1C)C(=O)O. The molecule has 0 aliphatic heterocycles. The molecule has 0 radical (unpaired) electrons. The van der Waals surface area contributed by atoms with E-state index in [2.05, 4.69) is 5.32 Å². The van der Waals surface area contributed by atoms with Gasteiger partial charge in [0.1, 0.15) is 17.1 Å². The number of aryl methyl sites for hydroxylation is 1. The number of benzene rings is 1. The molecule has 118 valence electrons. The Kier molecular flexibility index (Phi) is 6.62. The Balaban J connectivity index is 2.35. The Hall–Kier alpha value is -1.62. The molecule has 0 fully saturated rings. The summed E-state index contributed by atoms with van der Waals surface area (Å²) in [5.41, 5.74) is -0.126. The summed E-state index contributed by atoms with van der Waals surface area (Å²) in [5, 5.41) is 12.2. The molecule has 0 aromatic heterocycles. The number of carbonyl (C=O) groups is 1. The lowest BCUT2D eigenvalue weighted by molar-refractivity contribution is -0.144. The van der Waals surface area contributed by atoms with Crippen molar-refractivity contribution >= 4 is 5.97 Å². The monoisotopic (exact) mass is 297 g/mol. The summed E-state index contributed by atoms with van der Waals surface area (Å²) >= 11 is 0. The van der Waals surface area contributed by atoms with Crippen LogP contribution in [0.15, 0.2) is 18.2 Å². The summed E-state index contributed by atoms with van der Waals surface area (Å²) in [6, 6.07) is 4.42. The fourth-order valence-electron chi connectivity index (χ4n) is 2.20. The highest BCUT2D eigenvalue weighted by Crippen LogP contribution is 2.19. The van der Waals surface area contributed by atoms with Gasteiger partial charge in [-0.15, -0.1) is 0 Å². The van der Waals surface area contributed by atoms with Gasteiger partial charge in [0.05, 0.1) is 6.61 Å². The number of carboxylic acid groups (broad SMARTS) is 1. The second-order valence-corrected chi connectivity index (χ2v) is 5.38. The first kappa shape index (κ1) is 17.4. The quantitative estimate of drug-likeness (QED) is 0.688. The molecule has 5 heteroatoms. The van der Waals surface area contributed by atoms with Crippen molar-refractivity contribution in [2.45, 2.75) is 45.6 Å². The Morgan fingerprint density at radius 2 is 2.14 bits per heavy atom. The van der Waals surface area contributed by atoms with Gasteiger partial charge >= 0.3 is 5.97 Å². The molecule has 0 saturated heterocycles. The molecule has 1 aromatic carbocycles. The normalized spacial score (nSPS) is 13.7. The van der Waals surface area contributed by atoms with Crippen molar-refractivity contribution in [3.8, 4) is 5.75 Å². The number of likely N-dealkylation sites (N-methyl/N-ethyl adjacent to an activating group) is 1. The van der Waals surface area contributed by atoms with Crippen molar-refractivity contribution in [3.05, 3.63) is 29.6 Å². The van der Waals surface area contributed by atoms with Gasteiger partial charge in [0, 0.05) is 0 Å². The van der Waals surface area contributed by atoms with Crippen molar-refractivity contribution in [1.82, 2.24) is 5.32 Å². The standard InChI is InChI=1S/C16H24FNO3/c1-4-18-16(3,15(19)20)9-5-6-10-21-14-8-7-13(17)11-12(14)2/h7-8,11,18H,4-6,9-10H2,1-3H3,(H,19,20). The number of rotatable bonds is 9. The van der Waals surface area contributed by atoms with Crippen LogP contribution >= 0.6 is 0 Å². The summed E-state index contributed by atoms with van der Waals surface area (Å²) in [5.74, 6) is -0.438. The molecule has 0 aliphatic rings. The molecule has 0 heterocycles. The van der Waals surface area contributed by atoms with E-state index in [1.54, 1.807) is 19.9 Å². The van der Waals surface area contributed by atoms with Gasteiger partial charge in [0.2, 0.25) is 0 Å². The van der Waals surface area contributed by atoms with Crippen LogP contribution in [0, 0.1) is 12.7 Å². The Labute approximate surface area is 125 Å². The van der Waals surface area contributed by atoms with E-state index in [0.29, 0.717) is 25.3 Å². The van der Waals surface area contributed by atoms with E-state index in [-0.39, 0.29) is 5.82 Å². The van der Waals surface area contributed by atoms with Crippen LogP contribution in [-0.4, -0.2) is 29.8 Å². The maximum absolute atomic E-state index is 13.0. The number of hydrogen-bond donors (Lipinski definition) is 2. The molecule has 0 spiro atoms. The Morgan fingerprint density at radius 3 is 2.71 bits per heavy atom. The van der Waals surface area contributed by atoms with Crippen molar-refractivity contribution < 1.29 is 19.0 Å². The van der Waals surface area contributed by atoms with Crippen LogP contribution in [0.2, 0.25) is 0 Å². The Bertz CT molecular complexity index is 479. The first-order valence-corrected chi connectivity index (χ1v) is 7.26. The number of carboxylic acids is 1. The summed E-state index contributed by atoms with van der Waals surface area (Å²) in [6.07, 6.45) is 2.04. The molecule has 1 aromatic rings. The smallest absolute Gasteiger partial charge is 0.323 e. The lowest BCUT2D eigenvalue weighted by Gasteiger charge is -2.25. The molecule has 1 unspecified atom stereocenters.